The number of thiazole rings is 1. The van der Waals surface area contributed by atoms with Gasteiger partial charge in [-0.2, -0.15) is 0 Å². The molecular formula is C16H14FN3O4S. The average Bonchev–Trinajstić information content (AvgIpc) is 3.02. The monoisotopic (exact) mass is 363 g/mol. The van der Waals surface area contributed by atoms with Crippen LogP contribution in [0.15, 0.2) is 23.7 Å². The van der Waals surface area contributed by atoms with E-state index in [-0.39, 0.29) is 35.3 Å². The number of hydrogen-bond donors (Lipinski definition) is 2. The fourth-order valence-electron chi connectivity index (χ4n) is 2.55. The van der Waals surface area contributed by atoms with E-state index in [1.807, 2.05) is 0 Å². The third kappa shape index (κ3) is 3.50. The number of carbonyl (C=O) groups is 3. The molecule has 1 aliphatic heterocycles. The second-order valence-electron chi connectivity index (χ2n) is 5.28. The molecule has 2 heterocycles. The number of carbonyl (C=O) groups excluding carboxylic acids is 3. The molecule has 0 fully saturated rings. The van der Waals surface area contributed by atoms with E-state index in [0.29, 0.717) is 5.56 Å². The van der Waals surface area contributed by atoms with Gasteiger partial charge in [0.25, 0.3) is 0 Å². The van der Waals surface area contributed by atoms with Gasteiger partial charge in [0.1, 0.15) is 10.8 Å². The molecule has 1 aromatic carbocycles. The first kappa shape index (κ1) is 17.0. The number of rotatable bonds is 4. The van der Waals surface area contributed by atoms with Gasteiger partial charge in [-0.15, -0.1) is 11.3 Å². The summed E-state index contributed by atoms with van der Waals surface area (Å²) in [6, 6.07) is 3.87. The molecule has 2 N–H and O–H groups in total. The highest BCUT2D eigenvalue weighted by molar-refractivity contribution is 7.14. The molecule has 1 aromatic heterocycles. The average molecular weight is 363 g/mol. The summed E-state index contributed by atoms with van der Waals surface area (Å²) in [5.74, 6) is -2.79. The van der Waals surface area contributed by atoms with Crippen LogP contribution in [0.4, 0.5) is 15.1 Å². The normalized spacial score (nSPS) is 15.9. The lowest BCUT2D eigenvalue weighted by Gasteiger charge is -2.24. The molecule has 0 bridgehead atoms. The first-order valence-corrected chi connectivity index (χ1v) is 8.38. The Morgan fingerprint density at radius 1 is 1.48 bits per heavy atom. The lowest BCUT2D eigenvalue weighted by Crippen LogP contribution is -2.31. The Labute approximate surface area is 146 Å². The summed E-state index contributed by atoms with van der Waals surface area (Å²) >= 11 is 1.08. The SMILES string of the molecule is CCOC(=O)c1ncsc1NC(=O)C1CC(=O)Nc2cc(F)ccc21. The quantitative estimate of drug-likeness (QED) is 0.814. The van der Waals surface area contributed by atoms with Crippen LogP contribution in [0.5, 0.6) is 0 Å². The zero-order valence-electron chi connectivity index (χ0n) is 13.2. The molecule has 0 spiro atoms. The summed E-state index contributed by atoms with van der Waals surface area (Å²) in [7, 11) is 0. The maximum atomic E-state index is 13.4. The van der Waals surface area contributed by atoms with Gasteiger partial charge in [-0.1, -0.05) is 6.07 Å². The smallest absolute Gasteiger partial charge is 0.360 e. The van der Waals surface area contributed by atoms with Gasteiger partial charge in [0.05, 0.1) is 18.0 Å². The number of nitrogens with one attached hydrogen (secondary N) is 2. The molecule has 0 saturated heterocycles. The van der Waals surface area contributed by atoms with Crippen LogP contribution in [0.25, 0.3) is 0 Å². The van der Waals surface area contributed by atoms with E-state index in [4.69, 9.17) is 4.74 Å². The first-order chi connectivity index (χ1) is 12.0. The number of amides is 2. The van der Waals surface area contributed by atoms with Crippen molar-refractivity contribution in [2.45, 2.75) is 19.3 Å². The van der Waals surface area contributed by atoms with E-state index < -0.39 is 23.6 Å². The summed E-state index contributed by atoms with van der Waals surface area (Å²) in [4.78, 5) is 40.2. The van der Waals surface area contributed by atoms with Crippen molar-refractivity contribution < 1.29 is 23.5 Å². The zero-order valence-corrected chi connectivity index (χ0v) is 14.0. The van der Waals surface area contributed by atoms with Crippen molar-refractivity contribution in [1.82, 2.24) is 4.98 Å². The van der Waals surface area contributed by atoms with E-state index in [9.17, 15) is 18.8 Å². The lowest BCUT2D eigenvalue weighted by atomic mass is 9.90. The number of nitrogens with zero attached hydrogens (tertiary/aromatic N) is 1. The first-order valence-electron chi connectivity index (χ1n) is 7.50. The van der Waals surface area contributed by atoms with E-state index in [0.717, 1.165) is 11.3 Å². The highest BCUT2D eigenvalue weighted by atomic mass is 32.1. The molecule has 1 atom stereocenters. The predicted molar refractivity (Wildman–Crippen MR) is 89.1 cm³/mol. The van der Waals surface area contributed by atoms with Crippen molar-refractivity contribution in [3.63, 3.8) is 0 Å². The Kier molecular flexibility index (Phi) is 4.75. The molecule has 25 heavy (non-hydrogen) atoms. The Morgan fingerprint density at radius 2 is 2.28 bits per heavy atom. The Morgan fingerprint density at radius 3 is 3.04 bits per heavy atom. The fourth-order valence-corrected chi connectivity index (χ4v) is 3.22. The molecule has 1 aliphatic rings. The second-order valence-corrected chi connectivity index (χ2v) is 6.13. The second kappa shape index (κ2) is 6.98. The third-order valence-corrected chi connectivity index (χ3v) is 4.39. The van der Waals surface area contributed by atoms with E-state index in [2.05, 4.69) is 15.6 Å². The molecular weight excluding hydrogens is 349 g/mol. The number of esters is 1. The van der Waals surface area contributed by atoms with Crippen molar-refractivity contribution in [2.24, 2.45) is 0 Å². The summed E-state index contributed by atoms with van der Waals surface area (Å²) in [5.41, 5.74) is 2.21. The maximum Gasteiger partial charge on any atom is 0.360 e. The van der Waals surface area contributed by atoms with Gasteiger partial charge in [0, 0.05) is 12.1 Å². The third-order valence-electron chi connectivity index (χ3n) is 3.64. The van der Waals surface area contributed by atoms with Crippen molar-refractivity contribution in [2.75, 3.05) is 17.2 Å². The molecule has 0 saturated carbocycles. The highest BCUT2D eigenvalue weighted by Crippen LogP contribution is 2.34. The minimum absolute atomic E-state index is 0.0137. The number of ether oxygens (including phenoxy) is 1. The minimum atomic E-state index is -0.790. The van der Waals surface area contributed by atoms with E-state index in [1.165, 1.54) is 23.7 Å². The van der Waals surface area contributed by atoms with Crippen LogP contribution in [-0.4, -0.2) is 29.4 Å². The Bertz CT molecular complexity index is 852. The van der Waals surface area contributed by atoms with Gasteiger partial charge >= 0.3 is 5.97 Å². The summed E-state index contributed by atoms with van der Waals surface area (Å²) in [5, 5.41) is 5.41. The summed E-state index contributed by atoms with van der Waals surface area (Å²) < 4.78 is 18.2. The minimum Gasteiger partial charge on any atom is -0.461 e. The number of halogens is 1. The molecule has 2 amide bonds. The Hall–Kier alpha value is -2.81. The molecule has 0 aliphatic carbocycles. The van der Waals surface area contributed by atoms with E-state index >= 15 is 0 Å². The van der Waals surface area contributed by atoms with Crippen LogP contribution in [0.2, 0.25) is 0 Å². The van der Waals surface area contributed by atoms with Crippen molar-refractivity contribution in [1.29, 1.82) is 0 Å². The molecule has 130 valence electrons. The standard InChI is InChI=1S/C16H14FN3O4S/c1-2-24-16(23)13-15(25-7-18-13)20-14(22)10-6-12(21)19-11-5-8(17)3-4-9(10)11/h3-5,7,10H,2,6H2,1H3,(H,19,21)(H,20,22). The topological polar surface area (TPSA) is 97.4 Å². The van der Waals surface area contributed by atoms with E-state index in [1.54, 1.807) is 6.92 Å². The van der Waals surface area contributed by atoms with Crippen LogP contribution in [-0.2, 0) is 14.3 Å². The van der Waals surface area contributed by atoms with Crippen molar-refractivity contribution in [3.05, 3.63) is 40.8 Å². The largest absolute Gasteiger partial charge is 0.461 e. The maximum absolute atomic E-state index is 13.4. The number of hydrogen-bond acceptors (Lipinski definition) is 6. The number of benzene rings is 1. The molecule has 3 rings (SSSR count). The predicted octanol–water partition coefficient (Wildman–Crippen LogP) is 2.52. The molecule has 7 nitrogen and oxygen atoms in total. The Balaban J connectivity index is 1.85. The van der Waals surface area contributed by atoms with Crippen LogP contribution in [0.1, 0.15) is 35.3 Å². The number of fused-ring (bicyclic) bond motifs is 1. The number of aromatic nitrogens is 1. The zero-order chi connectivity index (χ0) is 18.0. The van der Waals surface area contributed by atoms with Gasteiger partial charge in [0.2, 0.25) is 11.8 Å². The van der Waals surface area contributed by atoms with Crippen molar-refractivity contribution in [3.8, 4) is 0 Å². The van der Waals surface area contributed by atoms with Crippen LogP contribution in [0, 0.1) is 5.82 Å². The van der Waals surface area contributed by atoms with Crippen LogP contribution >= 0.6 is 11.3 Å². The molecule has 2 aromatic rings. The van der Waals surface area contributed by atoms with Crippen LogP contribution < -0.4 is 10.6 Å². The molecule has 9 heteroatoms. The molecule has 1 unspecified atom stereocenters. The summed E-state index contributed by atoms with van der Waals surface area (Å²) in [6.45, 7) is 1.85. The van der Waals surface area contributed by atoms with Gasteiger partial charge in [0.15, 0.2) is 5.69 Å². The van der Waals surface area contributed by atoms with Gasteiger partial charge in [-0.25, -0.2) is 14.2 Å². The summed E-state index contributed by atoms with van der Waals surface area (Å²) in [6.07, 6.45) is -0.0714. The fraction of sp³-hybridized carbons (Fsp3) is 0.250. The van der Waals surface area contributed by atoms with Gasteiger partial charge < -0.3 is 15.4 Å². The highest BCUT2D eigenvalue weighted by Gasteiger charge is 2.32. The molecule has 0 radical (unpaired) electrons. The lowest BCUT2D eigenvalue weighted by molar-refractivity contribution is -0.123. The van der Waals surface area contributed by atoms with Crippen molar-refractivity contribution >= 4 is 39.8 Å². The van der Waals surface area contributed by atoms with Crippen LogP contribution in [0.3, 0.4) is 0 Å². The van der Waals surface area contributed by atoms with Gasteiger partial charge in [-0.3, -0.25) is 9.59 Å². The van der Waals surface area contributed by atoms with Gasteiger partial charge in [-0.05, 0) is 24.6 Å². The number of anilines is 2.